The number of aliphatic hydroxyl groups excluding tert-OH is 1. The second-order valence-corrected chi connectivity index (χ2v) is 4.68. The Labute approximate surface area is 81.9 Å². The van der Waals surface area contributed by atoms with Crippen molar-refractivity contribution in [2.45, 2.75) is 39.7 Å². The SMILES string of the molecule is CCC1CN(CC(C)C)CCC1O. The molecule has 0 radical (unpaired) electrons. The number of hydrogen-bond acceptors (Lipinski definition) is 2. The van der Waals surface area contributed by atoms with Crippen molar-refractivity contribution in [2.75, 3.05) is 19.6 Å². The van der Waals surface area contributed by atoms with Crippen LogP contribution in [0.1, 0.15) is 33.6 Å². The van der Waals surface area contributed by atoms with Crippen LogP contribution in [0.15, 0.2) is 0 Å². The van der Waals surface area contributed by atoms with Crippen LogP contribution in [0.3, 0.4) is 0 Å². The van der Waals surface area contributed by atoms with Gasteiger partial charge in [-0.2, -0.15) is 0 Å². The molecule has 2 heteroatoms. The summed E-state index contributed by atoms with van der Waals surface area (Å²) in [4.78, 5) is 2.49. The second kappa shape index (κ2) is 4.97. The first-order valence-electron chi connectivity index (χ1n) is 5.54. The normalized spacial score (nSPS) is 31.2. The lowest BCUT2D eigenvalue weighted by molar-refractivity contribution is 0.0212. The summed E-state index contributed by atoms with van der Waals surface area (Å²) in [5, 5.41) is 9.69. The van der Waals surface area contributed by atoms with E-state index in [1.807, 2.05) is 0 Å². The molecule has 1 rings (SSSR count). The predicted molar refractivity (Wildman–Crippen MR) is 55.7 cm³/mol. The van der Waals surface area contributed by atoms with E-state index in [0.717, 1.165) is 31.8 Å². The van der Waals surface area contributed by atoms with Crippen molar-refractivity contribution in [1.29, 1.82) is 0 Å². The summed E-state index contributed by atoms with van der Waals surface area (Å²) in [7, 11) is 0. The molecule has 2 atom stereocenters. The lowest BCUT2D eigenvalue weighted by Gasteiger charge is -2.36. The molecule has 1 aliphatic heterocycles. The number of likely N-dealkylation sites (tertiary alicyclic amines) is 1. The van der Waals surface area contributed by atoms with E-state index < -0.39 is 0 Å². The third-order valence-corrected chi connectivity index (χ3v) is 2.93. The number of rotatable bonds is 3. The van der Waals surface area contributed by atoms with Crippen LogP contribution in [-0.4, -0.2) is 35.7 Å². The fraction of sp³-hybridized carbons (Fsp3) is 1.00. The van der Waals surface area contributed by atoms with Crippen LogP contribution in [0.25, 0.3) is 0 Å². The molecule has 0 amide bonds. The summed E-state index contributed by atoms with van der Waals surface area (Å²) in [6.07, 6.45) is 2.02. The Morgan fingerprint density at radius 3 is 2.69 bits per heavy atom. The van der Waals surface area contributed by atoms with E-state index in [9.17, 15) is 5.11 Å². The van der Waals surface area contributed by atoms with Crippen molar-refractivity contribution in [3.05, 3.63) is 0 Å². The van der Waals surface area contributed by atoms with Gasteiger partial charge < -0.3 is 10.0 Å². The van der Waals surface area contributed by atoms with E-state index in [2.05, 4.69) is 25.7 Å². The van der Waals surface area contributed by atoms with Crippen molar-refractivity contribution in [3.63, 3.8) is 0 Å². The third kappa shape index (κ3) is 3.28. The zero-order valence-corrected chi connectivity index (χ0v) is 9.16. The van der Waals surface area contributed by atoms with Crippen molar-refractivity contribution in [1.82, 2.24) is 4.90 Å². The number of nitrogens with zero attached hydrogens (tertiary/aromatic N) is 1. The van der Waals surface area contributed by atoms with Crippen LogP contribution in [0.2, 0.25) is 0 Å². The first kappa shape index (κ1) is 11.0. The van der Waals surface area contributed by atoms with Crippen LogP contribution in [-0.2, 0) is 0 Å². The number of piperidine rings is 1. The van der Waals surface area contributed by atoms with E-state index >= 15 is 0 Å². The topological polar surface area (TPSA) is 23.5 Å². The maximum atomic E-state index is 9.69. The first-order valence-corrected chi connectivity index (χ1v) is 5.54. The van der Waals surface area contributed by atoms with Gasteiger partial charge in [-0.25, -0.2) is 0 Å². The molecule has 1 fully saturated rings. The maximum Gasteiger partial charge on any atom is 0.0592 e. The summed E-state index contributed by atoms with van der Waals surface area (Å²) in [5.74, 6) is 1.25. The maximum absolute atomic E-state index is 9.69. The second-order valence-electron chi connectivity index (χ2n) is 4.68. The van der Waals surface area contributed by atoms with Gasteiger partial charge in [0.15, 0.2) is 0 Å². The molecule has 0 aromatic carbocycles. The number of hydrogen-bond donors (Lipinski definition) is 1. The minimum absolute atomic E-state index is 0.0478. The molecular weight excluding hydrogens is 162 g/mol. The van der Waals surface area contributed by atoms with Gasteiger partial charge >= 0.3 is 0 Å². The Kier molecular flexibility index (Phi) is 4.20. The van der Waals surface area contributed by atoms with Gasteiger partial charge in [-0.15, -0.1) is 0 Å². The molecule has 13 heavy (non-hydrogen) atoms. The van der Waals surface area contributed by atoms with Crippen LogP contribution >= 0.6 is 0 Å². The largest absolute Gasteiger partial charge is 0.393 e. The van der Waals surface area contributed by atoms with Crippen molar-refractivity contribution in [3.8, 4) is 0 Å². The summed E-state index contributed by atoms with van der Waals surface area (Å²) < 4.78 is 0. The lowest BCUT2D eigenvalue weighted by Crippen LogP contribution is -2.44. The highest BCUT2D eigenvalue weighted by Crippen LogP contribution is 2.20. The Balaban J connectivity index is 2.36. The number of aliphatic hydroxyl groups is 1. The molecule has 0 aromatic rings. The van der Waals surface area contributed by atoms with Gasteiger partial charge in [-0.3, -0.25) is 0 Å². The molecule has 1 aliphatic rings. The molecule has 0 aliphatic carbocycles. The summed E-state index contributed by atoms with van der Waals surface area (Å²) >= 11 is 0. The third-order valence-electron chi connectivity index (χ3n) is 2.93. The van der Waals surface area contributed by atoms with Crippen molar-refractivity contribution >= 4 is 0 Å². The van der Waals surface area contributed by atoms with Gasteiger partial charge in [0.05, 0.1) is 6.10 Å². The van der Waals surface area contributed by atoms with Gasteiger partial charge in [-0.05, 0) is 24.7 Å². The van der Waals surface area contributed by atoms with Crippen LogP contribution in [0, 0.1) is 11.8 Å². The van der Waals surface area contributed by atoms with Crippen molar-refractivity contribution in [2.24, 2.45) is 11.8 Å². The Bertz CT molecular complexity index is 147. The minimum atomic E-state index is -0.0478. The van der Waals surface area contributed by atoms with Crippen LogP contribution in [0.5, 0.6) is 0 Å². The highest BCUT2D eigenvalue weighted by atomic mass is 16.3. The molecule has 0 spiro atoms. The zero-order valence-electron chi connectivity index (χ0n) is 9.16. The van der Waals surface area contributed by atoms with E-state index in [1.165, 1.54) is 6.54 Å². The molecule has 1 N–H and O–H groups in total. The average Bonchev–Trinajstić information content (AvgIpc) is 2.07. The lowest BCUT2D eigenvalue weighted by atomic mass is 9.92. The molecular formula is C11H23NO. The predicted octanol–water partition coefficient (Wildman–Crippen LogP) is 1.74. The zero-order chi connectivity index (χ0) is 9.84. The van der Waals surface area contributed by atoms with E-state index in [4.69, 9.17) is 0 Å². The van der Waals surface area contributed by atoms with Gasteiger partial charge in [0.2, 0.25) is 0 Å². The van der Waals surface area contributed by atoms with E-state index in [-0.39, 0.29) is 6.10 Å². The van der Waals surface area contributed by atoms with E-state index in [1.54, 1.807) is 0 Å². The summed E-state index contributed by atoms with van der Waals surface area (Å²) in [5.41, 5.74) is 0. The van der Waals surface area contributed by atoms with Gasteiger partial charge in [0, 0.05) is 19.6 Å². The Morgan fingerprint density at radius 1 is 1.46 bits per heavy atom. The molecule has 2 nitrogen and oxygen atoms in total. The highest BCUT2D eigenvalue weighted by molar-refractivity contribution is 4.79. The molecule has 0 aromatic heterocycles. The molecule has 2 unspecified atom stereocenters. The van der Waals surface area contributed by atoms with E-state index in [0.29, 0.717) is 5.92 Å². The minimum Gasteiger partial charge on any atom is -0.393 e. The molecule has 1 saturated heterocycles. The van der Waals surface area contributed by atoms with Gasteiger partial charge in [0.25, 0.3) is 0 Å². The molecule has 1 heterocycles. The van der Waals surface area contributed by atoms with Crippen molar-refractivity contribution < 1.29 is 5.11 Å². The van der Waals surface area contributed by atoms with Gasteiger partial charge in [0.1, 0.15) is 0 Å². The highest BCUT2D eigenvalue weighted by Gasteiger charge is 2.26. The first-order chi connectivity index (χ1) is 6.13. The average molecular weight is 185 g/mol. The summed E-state index contributed by atoms with van der Waals surface area (Å²) in [6, 6.07) is 0. The fourth-order valence-electron chi connectivity index (χ4n) is 2.18. The Morgan fingerprint density at radius 2 is 2.15 bits per heavy atom. The quantitative estimate of drug-likeness (QED) is 0.724. The van der Waals surface area contributed by atoms with Gasteiger partial charge in [-0.1, -0.05) is 20.8 Å². The van der Waals surface area contributed by atoms with Crippen LogP contribution < -0.4 is 0 Å². The molecule has 78 valence electrons. The monoisotopic (exact) mass is 185 g/mol. The molecule has 0 bridgehead atoms. The summed E-state index contributed by atoms with van der Waals surface area (Å²) in [6.45, 7) is 10.0. The fourth-order valence-corrected chi connectivity index (χ4v) is 2.18. The van der Waals surface area contributed by atoms with Crippen LogP contribution in [0.4, 0.5) is 0 Å². The Hall–Kier alpha value is -0.0800. The smallest absolute Gasteiger partial charge is 0.0592 e. The molecule has 0 saturated carbocycles. The standard InChI is InChI=1S/C11H23NO/c1-4-10-8-12(7-9(2)3)6-5-11(10)13/h9-11,13H,4-8H2,1-3H3.